The Hall–Kier alpha value is -1.66. The minimum absolute atomic E-state index is 0.0614. The van der Waals surface area contributed by atoms with E-state index in [0.29, 0.717) is 11.3 Å². The summed E-state index contributed by atoms with van der Waals surface area (Å²) in [6.45, 7) is 2.30. The van der Waals surface area contributed by atoms with Gasteiger partial charge in [-0.1, -0.05) is 6.92 Å². The molecular weight excluding hydrogens is 250 g/mol. The molecular formula is C12H15N3O2S. The first kappa shape index (κ1) is 12.8. The largest absolute Gasteiger partial charge is 0.467 e. The number of amides is 1. The summed E-state index contributed by atoms with van der Waals surface area (Å²) in [5.41, 5.74) is 5.93. The number of rotatable bonds is 5. The maximum atomic E-state index is 12.0. The zero-order valence-corrected chi connectivity index (χ0v) is 10.9. The van der Waals surface area contributed by atoms with Gasteiger partial charge in [0.2, 0.25) is 0 Å². The molecule has 0 fully saturated rings. The molecule has 0 bridgehead atoms. The van der Waals surface area contributed by atoms with Gasteiger partial charge >= 0.3 is 0 Å². The quantitative estimate of drug-likeness (QED) is 0.867. The van der Waals surface area contributed by atoms with Gasteiger partial charge in [-0.2, -0.15) is 0 Å². The predicted molar refractivity (Wildman–Crippen MR) is 69.2 cm³/mol. The molecule has 0 saturated carbocycles. The van der Waals surface area contributed by atoms with Crippen LogP contribution in [0.15, 0.2) is 28.3 Å². The lowest BCUT2D eigenvalue weighted by Crippen LogP contribution is -2.27. The maximum Gasteiger partial charge on any atom is 0.255 e. The Kier molecular flexibility index (Phi) is 4.11. The normalized spacial score (nSPS) is 12.3. The first-order valence-corrected chi connectivity index (χ1v) is 6.60. The second-order valence-corrected chi connectivity index (χ2v) is 4.74. The molecule has 96 valence electrons. The smallest absolute Gasteiger partial charge is 0.255 e. The van der Waals surface area contributed by atoms with Gasteiger partial charge in [-0.3, -0.25) is 4.79 Å². The van der Waals surface area contributed by atoms with E-state index >= 15 is 0 Å². The van der Waals surface area contributed by atoms with Crippen LogP contribution in [0.25, 0.3) is 0 Å². The molecule has 2 aromatic rings. The number of carbonyl (C=O) groups excluding carboxylic acids is 1. The van der Waals surface area contributed by atoms with E-state index in [1.165, 1.54) is 17.6 Å². The molecule has 3 N–H and O–H groups in total. The first-order valence-electron chi connectivity index (χ1n) is 5.72. The molecule has 0 aliphatic heterocycles. The second-order valence-electron chi connectivity index (χ2n) is 3.81. The molecule has 0 aliphatic rings. The van der Waals surface area contributed by atoms with Crippen LogP contribution in [0.3, 0.4) is 0 Å². The third-order valence-corrected chi connectivity index (χ3v) is 3.47. The Balaban J connectivity index is 2.06. The van der Waals surface area contributed by atoms with E-state index in [0.717, 1.165) is 11.4 Å². The van der Waals surface area contributed by atoms with Crippen molar-refractivity contribution in [2.75, 3.05) is 0 Å². The van der Waals surface area contributed by atoms with Gasteiger partial charge in [-0.15, -0.1) is 11.3 Å². The molecule has 1 atom stereocenters. The molecule has 0 saturated heterocycles. The Morgan fingerprint density at radius 3 is 3.06 bits per heavy atom. The van der Waals surface area contributed by atoms with E-state index in [9.17, 15) is 4.79 Å². The molecule has 2 aromatic heterocycles. The van der Waals surface area contributed by atoms with E-state index in [-0.39, 0.29) is 18.5 Å². The third-order valence-electron chi connectivity index (χ3n) is 2.58. The molecule has 18 heavy (non-hydrogen) atoms. The number of nitrogens with zero attached hydrogens (tertiary/aromatic N) is 1. The average molecular weight is 265 g/mol. The minimum atomic E-state index is -0.166. The van der Waals surface area contributed by atoms with Crippen LogP contribution in [0, 0.1) is 0 Å². The van der Waals surface area contributed by atoms with Crippen LogP contribution >= 0.6 is 11.3 Å². The fourth-order valence-electron chi connectivity index (χ4n) is 1.59. The summed E-state index contributed by atoms with van der Waals surface area (Å²) in [7, 11) is 0. The number of nitrogens with two attached hydrogens (primary N) is 1. The Morgan fingerprint density at radius 2 is 2.50 bits per heavy atom. The summed E-state index contributed by atoms with van der Waals surface area (Å²) < 4.78 is 5.14. The number of nitrogens with one attached hydrogen (secondary N) is 1. The highest BCUT2D eigenvalue weighted by Gasteiger charge is 2.17. The first-order chi connectivity index (χ1) is 8.74. The fraction of sp³-hybridized carbons (Fsp3) is 0.333. The lowest BCUT2D eigenvalue weighted by atomic mass is 10.2. The van der Waals surface area contributed by atoms with Crippen molar-refractivity contribution in [1.29, 1.82) is 0 Å². The lowest BCUT2D eigenvalue weighted by molar-refractivity contribution is 0.0935. The Bertz CT molecular complexity index is 507. The predicted octanol–water partition coefficient (Wildman–Crippen LogP) is 2.08. The number of furan rings is 1. The Morgan fingerprint density at radius 1 is 1.67 bits per heavy atom. The maximum absolute atomic E-state index is 12.0. The number of thiazole rings is 1. The zero-order chi connectivity index (χ0) is 13.0. The van der Waals surface area contributed by atoms with Gasteiger partial charge in [-0.25, -0.2) is 4.98 Å². The van der Waals surface area contributed by atoms with Crippen molar-refractivity contribution in [1.82, 2.24) is 10.3 Å². The fourth-order valence-corrected chi connectivity index (χ4v) is 2.37. The minimum Gasteiger partial charge on any atom is -0.467 e. The molecule has 0 aromatic carbocycles. The van der Waals surface area contributed by atoms with Crippen molar-refractivity contribution in [3.8, 4) is 0 Å². The monoisotopic (exact) mass is 265 g/mol. The van der Waals surface area contributed by atoms with Crippen LogP contribution in [0.4, 0.5) is 0 Å². The zero-order valence-electron chi connectivity index (χ0n) is 10.1. The SMILES string of the molecule is CCC(NC(=O)c1coc(CN)c1)c1nccs1. The molecule has 6 heteroatoms. The van der Waals surface area contributed by atoms with Crippen LogP contribution < -0.4 is 11.1 Å². The highest BCUT2D eigenvalue weighted by Crippen LogP contribution is 2.19. The summed E-state index contributed by atoms with van der Waals surface area (Å²) in [4.78, 5) is 16.2. The van der Waals surface area contributed by atoms with E-state index < -0.39 is 0 Å². The van der Waals surface area contributed by atoms with E-state index in [1.807, 2.05) is 12.3 Å². The van der Waals surface area contributed by atoms with Gasteiger partial charge < -0.3 is 15.5 Å². The van der Waals surface area contributed by atoms with Crippen LogP contribution in [0.1, 0.15) is 40.5 Å². The molecule has 5 nitrogen and oxygen atoms in total. The molecule has 2 rings (SSSR count). The summed E-state index contributed by atoms with van der Waals surface area (Å²) >= 11 is 1.53. The van der Waals surface area contributed by atoms with Crippen molar-refractivity contribution in [3.05, 3.63) is 40.2 Å². The van der Waals surface area contributed by atoms with Crippen molar-refractivity contribution in [2.24, 2.45) is 5.73 Å². The van der Waals surface area contributed by atoms with Gasteiger partial charge in [0.25, 0.3) is 5.91 Å². The molecule has 1 unspecified atom stereocenters. The van der Waals surface area contributed by atoms with Crippen LogP contribution in [-0.4, -0.2) is 10.9 Å². The van der Waals surface area contributed by atoms with Crippen molar-refractivity contribution in [3.63, 3.8) is 0 Å². The van der Waals surface area contributed by atoms with E-state index in [1.54, 1.807) is 12.3 Å². The topological polar surface area (TPSA) is 81.2 Å². The van der Waals surface area contributed by atoms with E-state index in [4.69, 9.17) is 10.2 Å². The number of hydrogen-bond donors (Lipinski definition) is 2. The van der Waals surface area contributed by atoms with Crippen LogP contribution in [-0.2, 0) is 6.54 Å². The molecule has 0 spiro atoms. The summed E-state index contributed by atoms with van der Waals surface area (Å²) in [5, 5.41) is 5.74. The van der Waals surface area contributed by atoms with Crippen molar-refractivity contribution >= 4 is 17.2 Å². The van der Waals surface area contributed by atoms with Crippen molar-refractivity contribution in [2.45, 2.75) is 25.9 Å². The highest BCUT2D eigenvalue weighted by atomic mass is 32.1. The number of carbonyl (C=O) groups is 1. The third kappa shape index (κ3) is 2.77. The molecule has 0 radical (unpaired) electrons. The molecule has 2 heterocycles. The molecule has 1 amide bonds. The summed E-state index contributed by atoms with van der Waals surface area (Å²) in [6, 6.07) is 1.60. The lowest BCUT2D eigenvalue weighted by Gasteiger charge is -2.13. The number of aromatic nitrogens is 1. The summed E-state index contributed by atoms with van der Waals surface area (Å²) in [6.07, 6.45) is 3.95. The van der Waals surface area contributed by atoms with Crippen molar-refractivity contribution < 1.29 is 9.21 Å². The van der Waals surface area contributed by atoms with E-state index in [2.05, 4.69) is 10.3 Å². The summed E-state index contributed by atoms with van der Waals surface area (Å²) in [5.74, 6) is 0.433. The highest BCUT2D eigenvalue weighted by molar-refractivity contribution is 7.09. The van der Waals surface area contributed by atoms with Crippen LogP contribution in [0.5, 0.6) is 0 Å². The molecule has 0 aliphatic carbocycles. The van der Waals surface area contributed by atoms with Gasteiger partial charge in [0.1, 0.15) is 17.0 Å². The van der Waals surface area contributed by atoms with Crippen LogP contribution in [0.2, 0.25) is 0 Å². The van der Waals surface area contributed by atoms with Gasteiger partial charge in [0.05, 0.1) is 18.2 Å². The van der Waals surface area contributed by atoms with Gasteiger partial charge in [0, 0.05) is 11.6 Å². The number of hydrogen-bond acceptors (Lipinski definition) is 5. The van der Waals surface area contributed by atoms with Gasteiger partial charge in [-0.05, 0) is 12.5 Å². The van der Waals surface area contributed by atoms with Gasteiger partial charge in [0.15, 0.2) is 0 Å². The standard InChI is InChI=1S/C12H15N3O2S/c1-2-10(12-14-3-4-18-12)15-11(16)8-5-9(6-13)17-7-8/h3-5,7,10H,2,6,13H2,1H3,(H,15,16). The second kappa shape index (κ2) is 5.79. The Labute approximate surface area is 109 Å². The average Bonchev–Trinajstić information content (AvgIpc) is 3.05.